The van der Waals surface area contributed by atoms with Crippen molar-refractivity contribution in [1.82, 2.24) is 14.7 Å². The summed E-state index contributed by atoms with van der Waals surface area (Å²) < 4.78 is 5.79. The van der Waals surface area contributed by atoms with Crippen LogP contribution in [0.5, 0.6) is 0 Å². The molecule has 1 amide bonds. The van der Waals surface area contributed by atoms with Crippen LogP contribution in [0.2, 0.25) is 0 Å². The fourth-order valence-corrected chi connectivity index (χ4v) is 3.26. The Labute approximate surface area is 146 Å². The molecule has 24 heavy (non-hydrogen) atoms. The number of benzene rings is 1. The first-order valence-corrected chi connectivity index (χ1v) is 8.72. The quantitative estimate of drug-likeness (QED) is 0.797. The third kappa shape index (κ3) is 5.30. The van der Waals surface area contributed by atoms with Gasteiger partial charge < -0.3 is 14.5 Å². The first-order valence-electron chi connectivity index (χ1n) is 8.72. The summed E-state index contributed by atoms with van der Waals surface area (Å²) in [6.07, 6.45) is 0.606. The predicted octanol–water partition coefficient (Wildman–Crippen LogP) is 1.93. The van der Waals surface area contributed by atoms with Gasteiger partial charge in [-0.1, -0.05) is 18.2 Å². The van der Waals surface area contributed by atoms with E-state index in [9.17, 15) is 4.79 Å². The van der Waals surface area contributed by atoms with E-state index in [1.54, 1.807) is 19.0 Å². The molecule has 0 aliphatic carbocycles. The third-order valence-electron chi connectivity index (χ3n) is 4.39. The molecule has 134 valence electrons. The molecule has 0 N–H and O–H groups in total. The average molecular weight is 333 g/mol. The normalized spacial score (nSPS) is 21.9. The average Bonchev–Trinajstić information content (AvgIpc) is 2.52. The SMILES string of the molecule is C[C@@H]1CN(CCN(C)Cc2ccccc2C(=O)N(C)C)C[C@H](C)O1. The lowest BCUT2D eigenvalue weighted by Gasteiger charge is -2.36. The maximum absolute atomic E-state index is 12.3. The largest absolute Gasteiger partial charge is 0.373 e. The van der Waals surface area contributed by atoms with Crippen LogP contribution in [-0.2, 0) is 11.3 Å². The van der Waals surface area contributed by atoms with Gasteiger partial charge in [-0.25, -0.2) is 0 Å². The van der Waals surface area contributed by atoms with Crippen LogP contribution in [0.1, 0.15) is 29.8 Å². The maximum atomic E-state index is 12.3. The van der Waals surface area contributed by atoms with Crippen LogP contribution >= 0.6 is 0 Å². The number of nitrogens with zero attached hydrogens (tertiary/aromatic N) is 3. The summed E-state index contributed by atoms with van der Waals surface area (Å²) in [5, 5.41) is 0. The summed E-state index contributed by atoms with van der Waals surface area (Å²) >= 11 is 0. The molecule has 1 aromatic rings. The van der Waals surface area contributed by atoms with Gasteiger partial charge in [-0.05, 0) is 32.5 Å². The van der Waals surface area contributed by atoms with Crippen molar-refractivity contribution in [2.24, 2.45) is 0 Å². The molecule has 1 fully saturated rings. The van der Waals surface area contributed by atoms with Gasteiger partial charge in [-0.2, -0.15) is 0 Å². The Bertz CT molecular complexity index is 537. The van der Waals surface area contributed by atoms with Gasteiger partial charge in [-0.3, -0.25) is 9.69 Å². The highest BCUT2D eigenvalue weighted by Gasteiger charge is 2.22. The number of carbonyl (C=O) groups is 1. The molecule has 1 heterocycles. The molecule has 0 aromatic heterocycles. The number of hydrogen-bond donors (Lipinski definition) is 0. The number of likely N-dealkylation sites (N-methyl/N-ethyl adjacent to an activating group) is 1. The fourth-order valence-electron chi connectivity index (χ4n) is 3.26. The number of morpholine rings is 1. The minimum Gasteiger partial charge on any atom is -0.373 e. The van der Waals surface area contributed by atoms with E-state index in [0.29, 0.717) is 12.2 Å². The number of rotatable bonds is 6. The highest BCUT2D eigenvalue weighted by Crippen LogP contribution is 2.14. The molecule has 0 unspecified atom stereocenters. The Morgan fingerprint density at radius 2 is 1.79 bits per heavy atom. The summed E-state index contributed by atoms with van der Waals surface area (Å²) in [7, 11) is 5.71. The molecule has 1 aliphatic heterocycles. The Hall–Kier alpha value is -1.43. The van der Waals surface area contributed by atoms with E-state index in [0.717, 1.165) is 43.9 Å². The Morgan fingerprint density at radius 3 is 2.42 bits per heavy atom. The first-order chi connectivity index (χ1) is 11.4. The van der Waals surface area contributed by atoms with Crippen molar-refractivity contribution in [2.45, 2.75) is 32.6 Å². The topological polar surface area (TPSA) is 36.0 Å². The van der Waals surface area contributed by atoms with Crippen molar-refractivity contribution in [1.29, 1.82) is 0 Å². The van der Waals surface area contributed by atoms with Crippen molar-refractivity contribution in [2.75, 3.05) is 47.3 Å². The van der Waals surface area contributed by atoms with Gasteiger partial charge in [0, 0.05) is 52.4 Å². The predicted molar refractivity (Wildman–Crippen MR) is 97.2 cm³/mol. The Kier molecular flexibility index (Phi) is 6.78. The smallest absolute Gasteiger partial charge is 0.253 e. The van der Waals surface area contributed by atoms with Crippen LogP contribution in [0.15, 0.2) is 24.3 Å². The Balaban J connectivity index is 1.91. The molecular weight excluding hydrogens is 302 g/mol. The van der Waals surface area contributed by atoms with Gasteiger partial charge in [0.2, 0.25) is 0 Å². The van der Waals surface area contributed by atoms with Gasteiger partial charge in [-0.15, -0.1) is 0 Å². The maximum Gasteiger partial charge on any atom is 0.253 e. The van der Waals surface area contributed by atoms with Crippen LogP contribution in [0.3, 0.4) is 0 Å². The van der Waals surface area contributed by atoms with E-state index < -0.39 is 0 Å². The molecule has 5 nitrogen and oxygen atoms in total. The van der Waals surface area contributed by atoms with Gasteiger partial charge in [0.05, 0.1) is 12.2 Å². The summed E-state index contributed by atoms with van der Waals surface area (Å²) in [6, 6.07) is 7.89. The van der Waals surface area contributed by atoms with E-state index in [1.807, 2.05) is 24.3 Å². The zero-order chi connectivity index (χ0) is 17.7. The molecule has 5 heteroatoms. The van der Waals surface area contributed by atoms with Crippen LogP contribution in [0.4, 0.5) is 0 Å². The molecular formula is C19H31N3O2. The molecule has 0 bridgehead atoms. The van der Waals surface area contributed by atoms with E-state index in [-0.39, 0.29) is 5.91 Å². The summed E-state index contributed by atoms with van der Waals surface area (Å²) in [5.41, 5.74) is 1.88. The Morgan fingerprint density at radius 1 is 1.17 bits per heavy atom. The number of carbonyl (C=O) groups excluding carboxylic acids is 1. The molecule has 2 atom stereocenters. The second-order valence-electron chi connectivity index (χ2n) is 7.11. The second kappa shape index (κ2) is 8.60. The lowest BCUT2D eigenvalue weighted by atomic mass is 10.1. The fraction of sp³-hybridized carbons (Fsp3) is 0.632. The summed E-state index contributed by atoms with van der Waals surface area (Å²) in [6.45, 7) is 9.04. The minimum atomic E-state index is 0.0647. The highest BCUT2D eigenvalue weighted by molar-refractivity contribution is 5.95. The van der Waals surface area contributed by atoms with Crippen LogP contribution < -0.4 is 0 Å². The van der Waals surface area contributed by atoms with Crippen molar-refractivity contribution < 1.29 is 9.53 Å². The van der Waals surface area contributed by atoms with Crippen molar-refractivity contribution in [3.63, 3.8) is 0 Å². The van der Waals surface area contributed by atoms with Crippen LogP contribution in [0, 0.1) is 0 Å². The van der Waals surface area contributed by atoms with Crippen molar-refractivity contribution in [3.8, 4) is 0 Å². The van der Waals surface area contributed by atoms with E-state index >= 15 is 0 Å². The van der Waals surface area contributed by atoms with Gasteiger partial charge in [0.1, 0.15) is 0 Å². The zero-order valence-electron chi connectivity index (χ0n) is 15.7. The van der Waals surface area contributed by atoms with Crippen LogP contribution in [-0.4, -0.2) is 80.1 Å². The van der Waals surface area contributed by atoms with Crippen molar-refractivity contribution >= 4 is 5.91 Å². The highest BCUT2D eigenvalue weighted by atomic mass is 16.5. The monoisotopic (exact) mass is 333 g/mol. The number of ether oxygens (including phenoxy) is 1. The van der Waals surface area contributed by atoms with Gasteiger partial charge in [0.15, 0.2) is 0 Å². The standard InChI is InChI=1S/C19H31N3O2/c1-15-12-22(13-16(2)24-15)11-10-21(5)14-17-8-6-7-9-18(17)19(23)20(3)4/h6-9,15-16H,10-14H2,1-5H3/t15-,16+. The van der Waals surface area contributed by atoms with E-state index in [1.165, 1.54) is 0 Å². The zero-order valence-corrected chi connectivity index (χ0v) is 15.7. The molecule has 0 saturated carbocycles. The minimum absolute atomic E-state index is 0.0647. The van der Waals surface area contributed by atoms with E-state index in [2.05, 4.69) is 30.7 Å². The van der Waals surface area contributed by atoms with Crippen molar-refractivity contribution in [3.05, 3.63) is 35.4 Å². The molecule has 0 spiro atoms. The molecule has 0 radical (unpaired) electrons. The summed E-state index contributed by atoms with van der Waals surface area (Å²) in [5.74, 6) is 0.0647. The van der Waals surface area contributed by atoms with Gasteiger partial charge >= 0.3 is 0 Å². The van der Waals surface area contributed by atoms with Crippen LogP contribution in [0.25, 0.3) is 0 Å². The molecule has 1 aromatic carbocycles. The first kappa shape index (κ1) is 18.9. The third-order valence-corrected chi connectivity index (χ3v) is 4.39. The van der Waals surface area contributed by atoms with E-state index in [4.69, 9.17) is 4.74 Å². The molecule has 2 rings (SSSR count). The second-order valence-corrected chi connectivity index (χ2v) is 7.11. The van der Waals surface area contributed by atoms with Gasteiger partial charge in [0.25, 0.3) is 5.91 Å². The molecule has 1 saturated heterocycles. The summed E-state index contributed by atoms with van der Waals surface area (Å²) in [4.78, 5) is 18.7. The lowest BCUT2D eigenvalue weighted by Crippen LogP contribution is -2.47. The lowest BCUT2D eigenvalue weighted by molar-refractivity contribution is -0.0691. The molecule has 1 aliphatic rings. The number of amides is 1. The number of hydrogen-bond acceptors (Lipinski definition) is 4.